The van der Waals surface area contributed by atoms with Crippen molar-refractivity contribution < 1.29 is 17.9 Å². The molecule has 0 aliphatic heterocycles. The molecule has 0 saturated heterocycles. The van der Waals surface area contributed by atoms with Crippen molar-refractivity contribution in [1.29, 1.82) is 0 Å². The molecule has 0 heterocycles. The second-order valence-electron chi connectivity index (χ2n) is 3.92. The minimum absolute atomic E-state index is 0.0202. The zero-order chi connectivity index (χ0) is 14.5. The molecule has 4 N–H and O–H groups in total. The first-order chi connectivity index (χ1) is 8.80. The van der Waals surface area contributed by atoms with E-state index in [9.17, 15) is 13.2 Å². The van der Waals surface area contributed by atoms with Gasteiger partial charge in [-0.1, -0.05) is 6.07 Å². The number of benzene rings is 1. The number of hydrogen-bond acceptors (Lipinski definition) is 3. The lowest BCUT2D eigenvalue weighted by atomic mass is 10.3. The molecule has 1 rings (SSSR count). The monoisotopic (exact) mass is 276 g/mol. The van der Waals surface area contributed by atoms with E-state index >= 15 is 0 Å². The number of hydrogen-bond donors (Lipinski definition) is 3. The lowest BCUT2D eigenvalue weighted by Crippen LogP contribution is -2.37. The molecule has 0 aliphatic rings. The van der Waals surface area contributed by atoms with E-state index in [1.54, 1.807) is 6.07 Å². The average molecular weight is 276 g/mol. The predicted octanol–water partition coefficient (Wildman–Crippen LogP) is 2.22. The highest BCUT2D eigenvalue weighted by Gasteiger charge is 2.31. The first kappa shape index (κ1) is 15.1. The number of halogens is 3. The molecular formula is C11H15F3N4O. The molecule has 0 spiro atoms. The van der Waals surface area contributed by atoms with Crippen LogP contribution in [0.1, 0.15) is 13.8 Å². The van der Waals surface area contributed by atoms with Crippen LogP contribution >= 0.6 is 0 Å². The van der Waals surface area contributed by atoms with Crippen molar-refractivity contribution in [3.8, 4) is 5.75 Å². The summed E-state index contributed by atoms with van der Waals surface area (Å²) in [4.78, 5) is 4.10. The molecule has 0 aromatic heterocycles. The van der Waals surface area contributed by atoms with E-state index in [1.807, 2.05) is 13.8 Å². The maximum atomic E-state index is 12.1. The lowest BCUT2D eigenvalue weighted by molar-refractivity contribution is -0.274. The first-order valence-corrected chi connectivity index (χ1v) is 5.47. The number of guanidine groups is 1. The smallest absolute Gasteiger partial charge is 0.406 e. The van der Waals surface area contributed by atoms with Crippen LogP contribution in [0.25, 0.3) is 0 Å². The molecule has 0 atom stereocenters. The Kier molecular flexibility index (Phi) is 4.99. The highest BCUT2D eigenvalue weighted by Crippen LogP contribution is 2.24. The Morgan fingerprint density at radius 1 is 1.37 bits per heavy atom. The van der Waals surface area contributed by atoms with E-state index in [2.05, 4.69) is 20.5 Å². The molecule has 1 aromatic rings. The lowest BCUT2D eigenvalue weighted by Gasteiger charge is -2.13. The first-order valence-electron chi connectivity index (χ1n) is 5.47. The van der Waals surface area contributed by atoms with Gasteiger partial charge in [0.25, 0.3) is 0 Å². The number of anilines is 1. The summed E-state index contributed by atoms with van der Waals surface area (Å²) in [5.41, 5.74) is 2.70. The zero-order valence-corrected chi connectivity index (χ0v) is 10.5. The highest BCUT2D eigenvalue weighted by molar-refractivity contribution is 5.93. The average Bonchev–Trinajstić information content (AvgIpc) is 2.25. The van der Waals surface area contributed by atoms with Gasteiger partial charge in [0.1, 0.15) is 5.75 Å². The maximum absolute atomic E-state index is 12.1. The molecule has 0 amide bonds. The van der Waals surface area contributed by atoms with Crippen LogP contribution in [0.5, 0.6) is 5.75 Å². The van der Waals surface area contributed by atoms with Crippen LogP contribution in [0.3, 0.4) is 0 Å². The van der Waals surface area contributed by atoms with Crippen LogP contribution in [0.15, 0.2) is 29.3 Å². The van der Waals surface area contributed by atoms with Gasteiger partial charge < -0.3 is 10.1 Å². The Hall–Kier alpha value is -1.96. The Morgan fingerprint density at radius 2 is 2.05 bits per heavy atom. The molecule has 106 valence electrons. The molecule has 0 aliphatic carbocycles. The number of alkyl halides is 3. The van der Waals surface area contributed by atoms with Gasteiger partial charge in [-0.05, 0) is 26.0 Å². The number of aliphatic imine (C=N–C) groups is 1. The van der Waals surface area contributed by atoms with Crippen molar-refractivity contribution >= 4 is 11.6 Å². The fourth-order valence-electron chi connectivity index (χ4n) is 1.27. The van der Waals surface area contributed by atoms with Gasteiger partial charge in [-0.15, -0.1) is 13.2 Å². The third-order valence-corrected chi connectivity index (χ3v) is 1.85. The minimum atomic E-state index is -4.72. The van der Waals surface area contributed by atoms with E-state index < -0.39 is 6.36 Å². The van der Waals surface area contributed by atoms with Gasteiger partial charge >= 0.3 is 6.36 Å². The van der Waals surface area contributed by atoms with E-state index in [0.29, 0.717) is 5.69 Å². The van der Waals surface area contributed by atoms with Crippen molar-refractivity contribution in [3.05, 3.63) is 24.3 Å². The summed E-state index contributed by atoms with van der Waals surface area (Å²) in [7, 11) is 0. The van der Waals surface area contributed by atoms with Crippen LogP contribution in [-0.4, -0.2) is 18.4 Å². The summed E-state index contributed by atoms with van der Waals surface area (Å²) in [5.74, 6) is 5.18. The maximum Gasteiger partial charge on any atom is 0.573 e. The summed E-state index contributed by atoms with van der Waals surface area (Å²) in [6.45, 7) is 3.67. The molecule has 0 radical (unpaired) electrons. The number of ether oxygens (including phenoxy) is 1. The molecule has 1 aromatic carbocycles. The second kappa shape index (κ2) is 6.28. The number of nitrogens with two attached hydrogens (primary N) is 1. The molecule has 5 nitrogen and oxygen atoms in total. The van der Waals surface area contributed by atoms with E-state index in [0.717, 1.165) is 0 Å². The summed E-state index contributed by atoms with van der Waals surface area (Å²) in [5, 5.41) is 2.75. The molecule has 19 heavy (non-hydrogen) atoms. The highest BCUT2D eigenvalue weighted by atomic mass is 19.4. The van der Waals surface area contributed by atoms with Crippen molar-refractivity contribution in [2.24, 2.45) is 10.8 Å². The van der Waals surface area contributed by atoms with Crippen molar-refractivity contribution in [3.63, 3.8) is 0 Å². The van der Waals surface area contributed by atoms with E-state index in [1.165, 1.54) is 18.2 Å². The fraction of sp³-hybridized carbons (Fsp3) is 0.364. The fourth-order valence-corrected chi connectivity index (χ4v) is 1.27. The number of hydrazine groups is 1. The molecule has 0 bridgehead atoms. The van der Waals surface area contributed by atoms with Crippen LogP contribution in [0.4, 0.5) is 18.9 Å². The Morgan fingerprint density at radius 3 is 2.58 bits per heavy atom. The molecule has 0 unspecified atom stereocenters. The van der Waals surface area contributed by atoms with Gasteiger partial charge in [0.2, 0.25) is 5.96 Å². The number of rotatable bonds is 3. The van der Waals surface area contributed by atoms with Gasteiger partial charge in [-0.2, -0.15) is 0 Å². The third kappa shape index (κ3) is 5.96. The summed E-state index contributed by atoms with van der Waals surface area (Å²) in [6.07, 6.45) is -4.72. The van der Waals surface area contributed by atoms with Crippen LogP contribution in [0, 0.1) is 0 Å². The third-order valence-electron chi connectivity index (χ3n) is 1.85. The van der Waals surface area contributed by atoms with Gasteiger partial charge in [-0.3, -0.25) is 5.43 Å². The quantitative estimate of drug-likeness (QED) is 0.342. The summed E-state index contributed by atoms with van der Waals surface area (Å²) in [6, 6.07) is 5.37. The Balaban J connectivity index is 2.82. The molecule has 0 saturated carbocycles. The SMILES string of the molecule is CC(C)N=C(NN)Nc1cccc(OC(F)(F)F)c1. The number of nitrogens with zero attached hydrogens (tertiary/aromatic N) is 1. The molecular weight excluding hydrogens is 261 g/mol. The predicted molar refractivity (Wildman–Crippen MR) is 66.6 cm³/mol. The second-order valence-corrected chi connectivity index (χ2v) is 3.92. The van der Waals surface area contributed by atoms with Gasteiger partial charge in [0.15, 0.2) is 0 Å². The standard InChI is InChI=1S/C11H15F3N4O/c1-7(2)16-10(18-15)17-8-4-3-5-9(6-8)19-11(12,13)14/h3-7H,15H2,1-2H3,(H2,16,17,18). The minimum Gasteiger partial charge on any atom is -0.406 e. The van der Waals surface area contributed by atoms with Crippen molar-refractivity contribution in [2.45, 2.75) is 26.3 Å². The largest absolute Gasteiger partial charge is 0.573 e. The van der Waals surface area contributed by atoms with Crippen LogP contribution < -0.4 is 21.3 Å². The summed E-state index contributed by atoms with van der Waals surface area (Å²) >= 11 is 0. The zero-order valence-electron chi connectivity index (χ0n) is 10.5. The topological polar surface area (TPSA) is 71.7 Å². The van der Waals surface area contributed by atoms with Gasteiger partial charge in [0, 0.05) is 17.8 Å². The molecule has 8 heteroatoms. The van der Waals surface area contributed by atoms with E-state index in [-0.39, 0.29) is 17.8 Å². The normalized spacial score (nSPS) is 12.5. The summed E-state index contributed by atoms with van der Waals surface area (Å²) < 4.78 is 40.0. The number of nitrogens with one attached hydrogen (secondary N) is 2. The molecule has 0 fully saturated rings. The van der Waals surface area contributed by atoms with Crippen LogP contribution in [-0.2, 0) is 0 Å². The van der Waals surface area contributed by atoms with Crippen molar-refractivity contribution in [2.75, 3.05) is 5.32 Å². The Labute approximate surface area is 108 Å². The van der Waals surface area contributed by atoms with E-state index in [4.69, 9.17) is 5.84 Å². The van der Waals surface area contributed by atoms with Gasteiger partial charge in [0.05, 0.1) is 0 Å². The Bertz CT molecular complexity index is 446. The van der Waals surface area contributed by atoms with Gasteiger partial charge in [-0.25, -0.2) is 10.8 Å². The van der Waals surface area contributed by atoms with Crippen LogP contribution in [0.2, 0.25) is 0 Å². The van der Waals surface area contributed by atoms with Crippen molar-refractivity contribution in [1.82, 2.24) is 5.43 Å².